The van der Waals surface area contributed by atoms with E-state index in [-0.39, 0.29) is 6.04 Å². The Hall–Kier alpha value is -1.71. The van der Waals surface area contributed by atoms with E-state index in [9.17, 15) is 5.11 Å². The summed E-state index contributed by atoms with van der Waals surface area (Å²) in [5.74, 6) is 0. The molecule has 0 saturated carbocycles. The van der Waals surface area contributed by atoms with Gasteiger partial charge in [-0.25, -0.2) is 0 Å². The lowest BCUT2D eigenvalue weighted by atomic mass is 9.89. The minimum absolute atomic E-state index is 0.118. The first-order chi connectivity index (χ1) is 8.61. The lowest BCUT2D eigenvalue weighted by molar-refractivity contribution is 0.0772. The molecule has 3 N–H and O–H groups in total. The van der Waals surface area contributed by atoms with Gasteiger partial charge in [0.25, 0.3) is 0 Å². The van der Waals surface area contributed by atoms with E-state index < -0.39 is 5.60 Å². The molecule has 0 aliphatic heterocycles. The fraction of sp³-hybridized carbons (Fsp3) is 0.267. The van der Waals surface area contributed by atoms with E-state index >= 15 is 0 Å². The topological polar surface area (TPSA) is 59.1 Å². The van der Waals surface area contributed by atoms with Crippen molar-refractivity contribution in [2.75, 3.05) is 0 Å². The van der Waals surface area contributed by atoms with Gasteiger partial charge in [0.05, 0.1) is 0 Å². The van der Waals surface area contributed by atoms with Gasteiger partial charge in [-0.15, -0.1) is 0 Å². The molecule has 18 heavy (non-hydrogen) atoms. The second-order valence-corrected chi connectivity index (χ2v) is 4.95. The molecule has 0 bridgehead atoms. The van der Waals surface area contributed by atoms with E-state index in [0.717, 1.165) is 22.4 Å². The summed E-state index contributed by atoms with van der Waals surface area (Å²) in [4.78, 5) is 4.27. The molecule has 1 aliphatic rings. The van der Waals surface area contributed by atoms with Crippen molar-refractivity contribution in [3.8, 4) is 0 Å². The summed E-state index contributed by atoms with van der Waals surface area (Å²) < 4.78 is 0. The van der Waals surface area contributed by atoms with Gasteiger partial charge in [-0.3, -0.25) is 4.98 Å². The predicted octanol–water partition coefficient (Wildman–Crippen LogP) is 2.03. The average molecular weight is 240 g/mol. The van der Waals surface area contributed by atoms with Gasteiger partial charge in [0, 0.05) is 29.9 Å². The molecule has 2 aromatic rings. The fourth-order valence-electron chi connectivity index (χ4n) is 2.72. The van der Waals surface area contributed by atoms with Gasteiger partial charge in [0.15, 0.2) is 0 Å². The Morgan fingerprint density at radius 2 is 2.06 bits per heavy atom. The number of nitrogens with two attached hydrogens (primary N) is 1. The molecule has 3 heteroatoms. The first-order valence-corrected chi connectivity index (χ1v) is 6.12. The Morgan fingerprint density at radius 1 is 1.28 bits per heavy atom. The molecule has 2 atom stereocenters. The molecular weight excluding hydrogens is 224 g/mol. The van der Waals surface area contributed by atoms with Crippen molar-refractivity contribution in [1.29, 1.82) is 0 Å². The second-order valence-electron chi connectivity index (χ2n) is 4.95. The SMILES string of the molecule is Cc1ccc(C2(O)CC(N)c3ccccc32)cn1. The third-order valence-corrected chi connectivity index (χ3v) is 3.71. The third-order valence-electron chi connectivity index (χ3n) is 3.71. The van der Waals surface area contributed by atoms with Crippen LogP contribution in [0, 0.1) is 6.92 Å². The quantitative estimate of drug-likeness (QED) is 0.801. The van der Waals surface area contributed by atoms with Crippen molar-refractivity contribution in [1.82, 2.24) is 4.98 Å². The number of hydrogen-bond donors (Lipinski definition) is 2. The van der Waals surface area contributed by atoms with Gasteiger partial charge in [0.1, 0.15) is 5.60 Å². The van der Waals surface area contributed by atoms with Crippen LogP contribution in [-0.2, 0) is 5.60 Å². The number of fused-ring (bicyclic) bond motifs is 1. The summed E-state index contributed by atoms with van der Waals surface area (Å²) in [6, 6.07) is 11.5. The van der Waals surface area contributed by atoms with E-state index in [1.54, 1.807) is 6.20 Å². The van der Waals surface area contributed by atoms with Crippen LogP contribution in [0.3, 0.4) is 0 Å². The summed E-state index contributed by atoms with van der Waals surface area (Å²) >= 11 is 0. The molecule has 0 radical (unpaired) electrons. The van der Waals surface area contributed by atoms with Crippen LogP contribution in [0.2, 0.25) is 0 Å². The maximum absolute atomic E-state index is 11.0. The molecule has 0 spiro atoms. The minimum atomic E-state index is -1.00. The van der Waals surface area contributed by atoms with Crippen molar-refractivity contribution < 1.29 is 5.11 Å². The Labute approximate surface area is 106 Å². The van der Waals surface area contributed by atoms with Gasteiger partial charge < -0.3 is 10.8 Å². The van der Waals surface area contributed by atoms with E-state index in [1.807, 2.05) is 43.3 Å². The Kier molecular flexibility index (Phi) is 2.47. The van der Waals surface area contributed by atoms with Gasteiger partial charge in [-0.2, -0.15) is 0 Å². The molecule has 1 aliphatic carbocycles. The maximum Gasteiger partial charge on any atom is 0.118 e. The predicted molar refractivity (Wildman–Crippen MR) is 70.0 cm³/mol. The van der Waals surface area contributed by atoms with E-state index in [1.165, 1.54) is 0 Å². The van der Waals surface area contributed by atoms with Crippen LogP contribution < -0.4 is 5.73 Å². The van der Waals surface area contributed by atoms with Crippen molar-refractivity contribution >= 4 is 0 Å². The van der Waals surface area contributed by atoms with Crippen LogP contribution in [0.15, 0.2) is 42.6 Å². The zero-order valence-corrected chi connectivity index (χ0v) is 10.3. The number of aromatic nitrogens is 1. The fourth-order valence-corrected chi connectivity index (χ4v) is 2.72. The van der Waals surface area contributed by atoms with Gasteiger partial charge in [0.2, 0.25) is 0 Å². The summed E-state index contributed by atoms with van der Waals surface area (Å²) in [6.45, 7) is 1.93. The number of benzene rings is 1. The van der Waals surface area contributed by atoms with E-state index in [4.69, 9.17) is 5.73 Å². The molecule has 1 aromatic carbocycles. The zero-order valence-electron chi connectivity index (χ0n) is 10.3. The molecule has 1 heterocycles. The average Bonchev–Trinajstić information content (AvgIpc) is 2.64. The normalized spacial score (nSPS) is 26.1. The van der Waals surface area contributed by atoms with Gasteiger partial charge in [-0.1, -0.05) is 30.3 Å². The smallest absolute Gasteiger partial charge is 0.118 e. The Balaban J connectivity index is 2.14. The van der Waals surface area contributed by atoms with E-state index in [0.29, 0.717) is 6.42 Å². The summed E-state index contributed by atoms with van der Waals surface area (Å²) in [7, 11) is 0. The van der Waals surface area contributed by atoms with Crippen molar-refractivity contribution in [3.05, 3.63) is 65.0 Å². The van der Waals surface area contributed by atoms with Crippen molar-refractivity contribution in [2.24, 2.45) is 5.73 Å². The minimum Gasteiger partial charge on any atom is -0.380 e. The number of nitrogens with zero attached hydrogens (tertiary/aromatic N) is 1. The van der Waals surface area contributed by atoms with Gasteiger partial charge >= 0.3 is 0 Å². The number of rotatable bonds is 1. The lowest BCUT2D eigenvalue weighted by Gasteiger charge is -2.24. The summed E-state index contributed by atoms with van der Waals surface area (Å²) in [5.41, 5.74) is 8.80. The highest BCUT2D eigenvalue weighted by Crippen LogP contribution is 2.45. The van der Waals surface area contributed by atoms with Crippen LogP contribution in [0.25, 0.3) is 0 Å². The first kappa shape index (κ1) is 11.4. The highest BCUT2D eigenvalue weighted by molar-refractivity contribution is 5.46. The van der Waals surface area contributed by atoms with E-state index in [2.05, 4.69) is 4.98 Å². The molecule has 0 amide bonds. The van der Waals surface area contributed by atoms with Crippen molar-refractivity contribution in [2.45, 2.75) is 25.0 Å². The highest BCUT2D eigenvalue weighted by atomic mass is 16.3. The standard InChI is InChI=1S/C15H16N2O/c1-10-6-7-11(9-17-10)15(18)8-14(16)12-4-2-3-5-13(12)15/h2-7,9,14,18H,8,16H2,1H3. The third kappa shape index (κ3) is 1.55. The number of aliphatic hydroxyl groups is 1. The van der Waals surface area contributed by atoms with Crippen LogP contribution in [0.1, 0.15) is 34.8 Å². The van der Waals surface area contributed by atoms with Gasteiger partial charge in [-0.05, 0) is 24.1 Å². The van der Waals surface area contributed by atoms with Crippen LogP contribution >= 0.6 is 0 Å². The van der Waals surface area contributed by atoms with Crippen molar-refractivity contribution in [3.63, 3.8) is 0 Å². The first-order valence-electron chi connectivity index (χ1n) is 6.12. The molecule has 2 unspecified atom stereocenters. The molecule has 1 aromatic heterocycles. The Bertz CT molecular complexity index is 579. The van der Waals surface area contributed by atoms with Crippen LogP contribution in [0.4, 0.5) is 0 Å². The zero-order chi connectivity index (χ0) is 12.8. The molecule has 3 nitrogen and oxygen atoms in total. The number of hydrogen-bond acceptors (Lipinski definition) is 3. The maximum atomic E-state index is 11.0. The molecule has 92 valence electrons. The highest BCUT2D eigenvalue weighted by Gasteiger charge is 2.42. The Morgan fingerprint density at radius 3 is 2.78 bits per heavy atom. The van der Waals surface area contributed by atoms with Crippen LogP contribution in [0.5, 0.6) is 0 Å². The van der Waals surface area contributed by atoms with Crippen LogP contribution in [-0.4, -0.2) is 10.1 Å². The monoisotopic (exact) mass is 240 g/mol. The summed E-state index contributed by atoms with van der Waals surface area (Å²) in [6.07, 6.45) is 2.25. The second kappa shape index (κ2) is 3.90. The number of pyridine rings is 1. The summed E-state index contributed by atoms with van der Waals surface area (Å²) in [5, 5.41) is 11.0. The largest absolute Gasteiger partial charge is 0.380 e. The molecule has 0 fully saturated rings. The molecule has 0 saturated heterocycles. The lowest BCUT2D eigenvalue weighted by Crippen LogP contribution is -2.25. The molecular formula is C15H16N2O. The number of aryl methyl sites for hydroxylation is 1. The molecule has 3 rings (SSSR count).